The van der Waals surface area contributed by atoms with E-state index in [0.717, 1.165) is 32.1 Å². The standard InChI is InChI=1S/C22H43N3O3/c1-6-10-11-12-13-14-15-19(26)25(9-4)18(8-3)20(28-5)24-22(21(23)27)16-17(22)7-2/h17-18,20,24H,6-16H2,1-5H3,(H2,23,27)/t17-,18+,20?,22-/m1/s1. The van der Waals surface area contributed by atoms with Crippen LogP contribution in [-0.2, 0) is 14.3 Å². The number of nitrogens with zero attached hydrogens (tertiary/aromatic N) is 1. The summed E-state index contributed by atoms with van der Waals surface area (Å²) in [7, 11) is 1.63. The third kappa shape index (κ3) is 6.45. The molecular formula is C22H43N3O3. The van der Waals surface area contributed by atoms with E-state index in [1.807, 2.05) is 11.8 Å². The molecular weight excluding hydrogens is 354 g/mol. The second kappa shape index (κ2) is 12.4. The number of likely N-dealkylation sites (N-methyl/N-ethyl adjacent to an activating group) is 1. The Bertz CT molecular complexity index is 486. The number of ether oxygens (including phenoxy) is 1. The minimum absolute atomic E-state index is 0.114. The van der Waals surface area contributed by atoms with E-state index < -0.39 is 11.8 Å². The SMILES string of the molecule is CCCCCCCCC(=O)N(CC)[C@@H](CC)C(N[C@]1(C(N)=O)C[C@H]1CC)OC. The zero-order chi connectivity index (χ0) is 21.2. The molecule has 1 aliphatic carbocycles. The summed E-state index contributed by atoms with van der Waals surface area (Å²) in [5.41, 5.74) is 5.00. The van der Waals surface area contributed by atoms with Gasteiger partial charge in [0.25, 0.3) is 0 Å². The van der Waals surface area contributed by atoms with Crippen LogP contribution >= 0.6 is 0 Å². The molecule has 0 bridgehead atoms. The maximum Gasteiger partial charge on any atom is 0.238 e. The molecule has 0 aromatic heterocycles. The number of carbonyl (C=O) groups is 2. The first kappa shape index (κ1) is 24.9. The van der Waals surface area contributed by atoms with Crippen molar-refractivity contribution in [1.82, 2.24) is 10.2 Å². The Kier molecular flexibility index (Phi) is 11.1. The lowest BCUT2D eigenvalue weighted by molar-refractivity contribution is -0.138. The van der Waals surface area contributed by atoms with Gasteiger partial charge in [0.1, 0.15) is 11.8 Å². The number of methoxy groups -OCH3 is 1. The lowest BCUT2D eigenvalue weighted by atomic mass is 10.1. The van der Waals surface area contributed by atoms with E-state index in [2.05, 4.69) is 26.1 Å². The van der Waals surface area contributed by atoms with Crippen molar-refractivity contribution in [3.05, 3.63) is 0 Å². The molecule has 0 aliphatic heterocycles. The lowest BCUT2D eigenvalue weighted by Gasteiger charge is -2.37. The monoisotopic (exact) mass is 397 g/mol. The van der Waals surface area contributed by atoms with Crippen molar-refractivity contribution in [3.63, 3.8) is 0 Å². The van der Waals surface area contributed by atoms with Gasteiger partial charge in [0.05, 0.1) is 6.04 Å². The average molecular weight is 398 g/mol. The number of unbranched alkanes of at least 4 members (excludes halogenated alkanes) is 5. The van der Waals surface area contributed by atoms with Crippen LogP contribution in [0.2, 0.25) is 0 Å². The van der Waals surface area contributed by atoms with Crippen molar-refractivity contribution in [2.24, 2.45) is 11.7 Å². The van der Waals surface area contributed by atoms with Gasteiger partial charge < -0.3 is 15.4 Å². The van der Waals surface area contributed by atoms with E-state index in [0.29, 0.717) is 13.0 Å². The molecule has 1 aliphatic rings. The van der Waals surface area contributed by atoms with Gasteiger partial charge in [-0.2, -0.15) is 0 Å². The highest BCUT2D eigenvalue weighted by Gasteiger charge is 2.59. The fraction of sp³-hybridized carbons (Fsp3) is 0.909. The number of nitrogens with two attached hydrogens (primary N) is 1. The second-order valence-corrected chi connectivity index (χ2v) is 8.12. The average Bonchev–Trinajstić information content (AvgIpc) is 3.41. The minimum Gasteiger partial charge on any atom is -0.368 e. The molecule has 4 atom stereocenters. The summed E-state index contributed by atoms with van der Waals surface area (Å²) in [6, 6.07) is -0.114. The Hall–Kier alpha value is -1.14. The van der Waals surface area contributed by atoms with Crippen LogP contribution in [0.4, 0.5) is 0 Å². The van der Waals surface area contributed by atoms with Crippen molar-refractivity contribution < 1.29 is 14.3 Å². The number of rotatable bonds is 16. The van der Waals surface area contributed by atoms with Gasteiger partial charge in [-0.1, -0.05) is 59.3 Å². The molecule has 6 nitrogen and oxygen atoms in total. The predicted molar refractivity (Wildman–Crippen MR) is 114 cm³/mol. The molecule has 0 saturated heterocycles. The van der Waals surface area contributed by atoms with Gasteiger partial charge in [0.2, 0.25) is 11.8 Å². The van der Waals surface area contributed by atoms with Crippen molar-refractivity contribution in [2.45, 2.75) is 110 Å². The Morgan fingerprint density at radius 2 is 1.79 bits per heavy atom. The van der Waals surface area contributed by atoms with E-state index in [1.165, 1.54) is 25.7 Å². The summed E-state index contributed by atoms with van der Waals surface area (Å²) < 4.78 is 5.71. The molecule has 6 heteroatoms. The topological polar surface area (TPSA) is 84.7 Å². The van der Waals surface area contributed by atoms with Crippen LogP contribution in [0.5, 0.6) is 0 Å². The zero-order valence-electron chi connectivity index (χ0n) is 18.8. The van der Waals surface area contributed by atoms with Crippen molar-refractivity contribution >= 4 is 11.8 Å². The number of hydrogen-bond acceptors (Lipinski definition) is 4. The second-order valence-electron chi connectivity index (χ2n) is 8.12. The van der Waals surface area contributed by atoms with E-state index in [1.54, 1.807) is 7.11 Å². The summed E-state index contributed by atoms with van der Waals surface area (Å²) >= 11 is 0. The molecule has 0 heterocycles. The van der Waals surface area contributed by atoms with Crippen molar-refractivity contribution in [2.75, 3.05) is 13.7 Å². The van der Waals surface area contributed by atoms with E-state index in [-0.39, 0.29) is 23.8 Å². The van der Waals surface area contributed by atoms with E-state index in [9.17, 15) is 9.59 Å². The third-order valence-corrected chi connectivity index (χ3v) is 6.26. The highest BCUT2D eigenvalue weighted by Crippen LogP contribution is 2.46. The molecule has 3 N–H and O–H groups in total. The summed E-state index contributed by atoms with van der Waals surface area (Å²) in [6.07, 6.45) is 9.58. The summed E-state index contributed by atoms with van der Waals surface area (Å²) in [6.45, 7) is 8.97. The van der Waals surface area contributed by atoms with E-state index >= 15 is 0 Å². The first-order valence-electron chi connectivity index (χ1n) is 11.3. The van der Waals surface area contributed by atoms with Gasteiger partial charge in [-0.15, -0.1) is 0 Å². The molecule has 0 aromatic rings. The van der Waals surface area contributed by atoms with Gasteiger partial charge in [-0.25, -0.2) is 0 Å². The minimum atomic E-state index is -0.690. The van der Waals surface area contributed by atoms with E-state index in [4.69, 9.17) is 10.5 Å². The maximum atomic E-state index is 12.9. The number of nitrogens with one attached hydrogen (secondary N) is 1. The Balaban J connectivity index is 2.69. The molecule has 1 fully saturated rings. The molecule has 1 saturated carbocycles. The molecule has 1 rings (SSSR count). The van der Waals surface area contributed by atoms with Crippen LogP contribution in [0.3, 0.4) is 0 Å². The first-order valence-corrected chi connectivity index (χ1v) is 11.3. The molecule has 0 radical (unpaired) electrons. The molecule has 2 amide bonds. The van der Waals surface area contributed by atoms with Gasteiger partial charge in [0.15, 0.2) is 0 Å². The molecule has 0 aromatic carbocycles. The van der Waals surface area contributed by atoms with Gasteiger partial charge in [-0.3, -0.25) is 14.9 Å². The Morgan fingerprint density at radius 1 is 1.14 bits per heavy atom. The predicted octanol–water partition coefficient (Wildman–Crippen LogP) is 3.58. The van der Waals surface area contributed by atoms with Crippen LogP contribution < -0.4 is 11.1 Å². The highest BCUT2D eigenvalue weighted by molar-refractivity contribution is 5.88. The zero-order valence-corrected chi connectivity index (χ0v) is 18.8. The summed E-state index contributed by atoms with van der Waals surface area (Å²) in [5.74, 6) is 0.0939. The lowest BCUT2D eigenvalue weighted by Crippen LogP contribution is -2.59. The van der Waals surface area contributed by atoms with Gasteiger partial charge in [0, 0.05) is 20.1 Å². The number of primary amides is 1. The van der Waals surface area contributed by atoms with Crippen LogP contribution in [0.1, 0.15) is 91.9 Å². The van der Waals surface area contributed by atoms with Crippen molar-refractivity contribution in [3.8, 4) is 0 Å². The van der Waals surface area contributed by atoms with Crippen LogP contribution in [-0.4, -0.2) is 48.2 Å². The largest absolute Gasteiger partial charge is 0.368 e. The first-order chi connectivity index (χ1) is 13.4. The maximum absolute atomic E-state index is 12.9. The van der Waals surface area contributed by atoms with Crippen LogP contribution in [0.15, 0.2) is 0 Å². The Labute approximate surface area is 171 Å². The molecule has 164 valence electrons. The third-order valence-electron chi connectivity index (χ3n) is 6.26. The molecule has 1 unspecified atom stereocenters. The van der Waals surface area contributed by atoms with Crippen LogP contribution in [0.25, 0.3) is 0 Å². The fourth-order valence-electron chi connectivity index (χ4n) is 4.33. The van der Waals surface area contributed by atoms with Gasteiger partial charge >= 0.3 is 0 Å². The number of carbonyl (C=O) groups excluding carboxylic acids is 2. The van der Waals surface area contributed by atoms with Gasteiger partial charge in [-0.05, 0) is 32.1 Å². The molecule has 28 heavy (non-hydrogen) atoms. The Morgan fingerprint density at radius 3 is 2.25 bits per heavy atom. The van der Waals surface area contributed by atoms with Crippen LogP contribution in [0, 0.1) is 5.92 Å². The smallest absolute Gasteiger partial charge is 0.238 e. The highest BCUT2D eigenvalue weighted by atomic mass is 16.5. The number of amides is 2. The quantitative estimate of drug-likeness (QED) is 0.308. The number of hydrogen-bond donors (Lipinski definition) is 2. The van der Waals surface area contributed by atoms with Crippen molar-refractivity contribution in [1.29, 1.82) is 0 Å². The molecule has 0 spiro atoms. The fourth-order valence-corrected chi connectivity index (χ4v) is 4.33. The normalized spacial score (nSPS) is 23.2. The summed E-state index contributed by atoms with van der Waals surface area (Å²) in [4.78, 5) is 26.8. The summed E-state index contributed by atoms with van der Waals surface area (Å²) in [5, 5.41) is 3.38.